The summed E-state index contributed by atoms with van der Waals surface area (Å²) in [5, 5.41) is 0.575. The Morgan fingerprint density at radius 2 is 1.52 bits per heavy atom. The van der Waals surface area contributed by atoms with E-state index in [0.717, 1.165) is 0 Å². The number of carbonyl (C=O) groups excluding carboxylic acids is 1. The standard InChI is InChI=1S/C24H24BF2NO3/c1-23(2)24(3,4)31-25(30-23)14-18(21(26)27)19-15-28(20-13-9-8-12-17(19)20)22(29)16-10-6-5-7-11-16/h5-13,15H,14H2,1-4H3. The summed E-state index contributed by atoms with van der Waals surface area (Å²) >= 11 is 0. The number of rotatable bonds is 4. The minimum atomic E-state index is -1.82. The van der Waals surface area contributed by atoms with Crippen molar-refractivity contribution in [1.29, 1.82) is 0 Å². The van der Waals surface area contributed by atoms with Crippen molar-refractivity contribution < 1.29 is 22.9 Å². The first-order valence-corrected chi connectivity index (χ1v) is 10.2. The van der Waals surface area contributed by atoms with Gasteiger partial charge in [0.25, 0.3) is 12.0 Å². The first kappa shape index (κ1) is 21.5. The van der Waals surface area contributed by atoms with Crippen LogP contribution in [0.15, 0.2) is 66.9 Å². The first-order valence-electron chi connectivity index (χ1n) is 10.2. The lowest BCUT2D eigenvalue weighted by molar-refractivity contribution is 0.00578. The molecule has 0 unspecified atom stereocenters. The van der Waals surface area contributed by atoms with E-state index in [-0.39, 0.29) is 17.8 Å². The fourth-order valence-corrected chi connectivity index (χ4v) is 3.81. The number of aromatic nitrogens is 1. The number of halogens is 2. The van der Waals surface area contributed by atoms with Gasteiger partial charge >= 0.3 is 7.12 Å². The lowest BCUT2D eigenvalue weighted by atomic mass is 9.78. The van der Waals surface area contributed by atoms with Gasteiger partial charge in [-0.15, -0.1) is 0 Å². The van der Waals surface area contributed by atoms with Crippen LogP contribution in [0.25, 0.3) is 16.5 Å². The highest BCUT2D eigenvalue weighted by atomic mass is 19.3. The third-order valence-corrected chi connectivity index (χ3v) is 6.18. The zero-order valence-electron chi connectivity index (χ0n) is 18.0. The van der Waals surface area contributed by atoms with E-state index in [0.29, 0.717) is 22.0 Å². The Morgan fingerprint density at radius 1 is 0.935 bits per heavy atom. The minimum absolute atomic E-state index is 0.122. The SMILES string of the molecule is CC1(C)OB(CC(=C(F)F)c2cn(C(=O)c3ccccc3)c3ccccc23)OC1(C)C. The Labute approximate surface area is 180 Å². The molecule has 4 nitrogen and oxygen atoms in total. The summed E-state index contributed by atoms with van der Waals surface area (Å²) in [4.78, 5) is 13.1. The highest BCUT2D eigenvalue weighted by molar-refractivity contribution is 6.48. The van der Waals surface area contributed by atoms with Crippen molar-refractivity contribution in [3.8, 4) is 0 Å². The number of hydrogen-bond acceptors (Lipinski definition) is 3. The maximum atomic E-state index is 14.2. The summed E-state index contributed by atoms with van der Waals surface area (Å²) in [7, 11) is -0.812. The Hall–Kier alpha value is -2.77. The number of para-hydroxylation sites is 1. The van der Waals surface area contributed by atoms with E-state index in [4.69, 9.17) is 9.31 Å². The third kappa shape index (κ3) is 3.84. The molecule has 2 heterocycles. The molecule has 1 saturated heterocycles. The molecule has 0 aliphatic carbocycles. The minimum Gasteiger partial charge on any atom is -0.403 e. The van der Waals surface area contributed by atoms with Crippen LogP contribution in [0.2, 0.25) is 6.32 Å². The molecule has 0 amide bonds. The Kier molecular flexibility index (Phi) is 5.35. The van der Waals surface area contributed by atoms with Crippen LogP contribution in [0.3, 0.4) is 0 Å². The third-order valence-electron chi connectivity index (χ3n) is 6.18. The van der Waals surface area contributed by atoms with Crippen LogP contribution in [-0.2, 0) is 9.31 Å². The molecule has 31 heavy (non-hydrogen) atoms. The van der Waals surface area contributed by atoms with Gasteiger partial charge in [-0.05, 0) is 45.9 Å². The molecule has 4 rings (SSSR count). The molecule has 1 aliphatic heterocycles. The van der Waals surface area contributed by atoms with Crippen molar-refractivity contribution >= 4 is 29.5 Å². The summed E-state index contributed by atoms with van der Waals surface area (Å²) in [6, 6.07) is 15.8. The van der Waals surface area contributed by atoms with Crippen LogP contribution in [0, 0.1) is 0 Å². The van der Waals surface area contributed by atoms with Gasteiger partial charge in [0, 0.05) is 34.6 Å². The largest absolute Gasteiger partial charge is 0.462 e. The summed E-state index contributed by atoms with van der Waals surface area (Å²) in [5.74, 6) is -0.280. The quantitative estimate of drug-likeness (QED) is 0.481. The van der Waals surface area contributed by atoms with E-state index in [1.165, 1.54) is 10.8 Å². The van der Waals surface area contributed by atoms with Gasteiger partial charge in [-0.2, -0.15) is 8.78 Å². The smallest absolute Gasteiger partial charge is 0.403 e. The van der Waals surface area contributed by atoms with E-state index in [1.807, 2.05) is 33.8 Å². The first-order chi connectivity index (χ1) is 14.6. The fraction of sp³-hybridized carbons (Fsp3) is 0.292. The van der Waals surface area contributed by atoms with Crippen LogP contribution in [0.4, 0.5) is 8.78 Å². The van der Waals surface area contributed by atoms with Gasteiger partial charge in [0.05, 0.1) is 16.7 Å². The number of hydrogen-bond donors (Lipinski definition) is 0. The predicted octanol–water partition coefficient (Wildman–Crippen LogP) is 6.03. The van der Waals surface area contributed by atoms with Crippen LogP contribution in [-0.4, -0.2) is 28.8 Å². The van der Waals surface area contributed by atoms with E-state index in [9.17, 15) is 13.6 Å². The highest BCUT2D eigenvalue weighted by Crippen LogP contribution is 2.41. The van der Waals surface area contributed by atoms with E-state index < -0.39 is 24.4 Å². The van der Waals surface area contributed by atoms with Gasteiger partial charge in [0.1, 0.15) is 0 Å². The van der Waals surface area contributed by atoms with Crippen molar-refractivity contribution in [1.82, 2.24) is 4.57 Å². The van der Waals surface area contributed by atoms with Gasteiger partial charge in [-0.3, -0.25) is 9.36 Å². The molecule has 0 spiro atoms. The van der Waals surface area contributed by atoms with Crippen LogP contribution >= 0.6 is 0 Å². The van der Waals surface area contributed by atoms with Crippen LogP contribution in [0.1, 0.15) is 43.6 Å². The fourth-order valence-electron chi connectivity index (χ4n) is 3.81. The van der Waals surface area contributed by atoms with E-state index in [1.54, 1.807) is 48.5 Å². The van der Waals surface area contributed by atoms with Gasteiger partial charge in [-0.25, -0.2) is 0 Å². The van der Waals surface area contributed by atoms with Crippen molar-refractivity contribution in [2.45, 2.75) is 45.2 Å². The molecule has 2 aromatic carbocycles. The molecule has 160 valence electrons. The van der Waals surface area contributed by atoms with Gasteiger partial charge < -0.3 is 9.31 Å². The molecule has 1 aromatic heterocycles. The van der Waals surface area contributed by atoms with Gasteiger partial charge in [0.15, 0.2) is 0 Å². The molecule has 3 aromatic rings. The molecule has 7 heteroatoms. The van der Waals surface area contributed by atoms with Crippen LogP contribution < -0.4 is 0 Å². The lowest BCUT2D eigenvalue weighted by Crippen LogP contribution is -2.41. The van der Waals surface area contributed by atoms with Crippen LogP contribution in [0.5, 0.6) is 0 Å². The summed E-state index contributed by atoms with van der Waals surface area (Å²) < 4.78 is 41.6. The second kappa shape index (κ2) is 7.73. The lowest BCUT2D eigenvalue weighted by Gasteiger charge is -2.32. The zero-order chi connectivity index (χ0) is 22.4. The monoisotopic (exact) mass is 423 g/mol. The topological polar surface area (TPSA) is 40.5 Å². The molecule has 0 saturated carbocycles. The molecular weight excluding hydrogens is 399 g/mol. The highest BCUT2D eigenvalue weighted by Gasteiger charge is 2.51. The molecule has 0 atom stereocenters. The maximum Gasteiger partial charge on any atom is 0.462 e. The average molecular weight is 423 g/mol. The van der Waals surface area contributed by atoms with Crippen molar-refractivity contribution in [2.24, 2.45) is 0 Å². The number of fused-ring (bicyclic) bond motifs is 1. The predicted molar refractivity (Wildman–Crippen MR) is 118 cm³/mol. The number of carbonyl (C=O) groups is 1. The summed E-state index contributed by atoms with van der Waals surface area (Å²) in [6.45, 7) is 7.53. The molecule has 1 fully saturated rings. The second-order valence-electron chi connectivity index (χ2n) is 8.73. The average Bonchev–Trinajstić information content (AvgIpc) is 3.19. The normalized spacial score (nSPS) is 17.2. The van der Waals surface area contributed by atoms with Gasteiger partial charge in [-0.1, -0.05) is 36.4 Å². The zero-order valence-corrected chi connectivity index (χ0v) is 18.0. The number of nitrogens with zero attached hydrogens (tertiary/aromatic N) is 1. The Morgan fingerprint density at radius 3 is 2.13 bits per heavy atom. The van der Waals surface area contributed by atoms with Crippen molar-refractivity contribution in [2.75, 3.05) is 0 Å². The summed E-state index contributed by atoms with van der Waals surface area (Å²) in [6.07, 6.45) is -0.451. The van der Waals surface area contributed by atoms with E-state index in [2.05, 4.69) is 0 Å². The molecule has 0 N–H and O–H groups in total. The number of allylic oxidation sites excluding steroid dienone is 1. The second-order valence-corrected chi connectivity index (χ2v) is 8.73. The van der Waals surface area contributed by atoms with Gasteiger partial charge in [0.2, 0.25) is 0 Å². The van der Waals surface area contributed by atoms with Crippen molar-refractivity contribution in [3.63, 3.8) is 0 Å². The number of benzene rings is 2. The maximum absolute atomic E-state index is 14.2. The molecular formula is C24H24BF2NO3. The molecule has 0 bridgehead atoms. The Bertz CT molecular complexity index is 1150. The van der Waals surface area contributed by atoms with E-state index >= 15 is 0 Å². The molecule has 0 radical (unpaired) electrons. The summed E-state index contributed by atoms with van der Waals surface area (Å²) in [5.41, 5.74) is -0.0744. The molecule has 1 aliphatic rings. The van der Waals surface area contributed by atoms with Crippen molar-refractivity contribution in [3.05, 3.63) is 78.0 Å². The Balaban J connectivity index is 1.76.